The van der Waals surface area contributed by atoms with Crippen molar-refractivity contribution in [3.05, 3.63) is 120 Å². The van der Waals surface area contributed by atoms with E-state index in [2.05, 4.69) is 10.3 Å². The second-order valence-corrected chi connectivity index (χ2v) is 9.51. The van der Waals surface area contributed by atoms with E-state index in [9.17, 15) is 9.59 Å². The third-order valence-corrected chi connectivity index (χ3v) is 6.80. The van der Waals surface area contributed by atoms with Crippen LogP contribution in [0.3, 0.4) is 0 Å². The standard InChI is InChI=1S/C33H35N3O5/c1-39-28-12-9-26(10-13-28)23-36(32(37)21-27-11-14-30(40-2)31(20-27)41-3)29(19-24-7-5-4-6-8-24)33(38)35-22-25-15-17-34-18-16-25/h4-18,20,29H,19,21-23H2,1-3H3,(H,35,38)/t29-/m1/s1. The lowest BCUT2D eigenvalue weighted by atomic mass is 10.0. The van der Waals surface area contributed by atoms with Gasteiger partial charge in [0.25, 0.3) is 0 Å². The summed E-state index contributed by atoms with van der Waals surface area (Å²) in [6.45, 7) is 0.573. The van der Waals surface area contributed by atoms with Crippen LogP contribution in [0.1, 0.15) is 22.3 Å². The third-order valence-electron chi connectivity index (χ3n) is 6.80. The Morgan fingerprint density at radius 1 is 0.756 bits per heavy atom. The number of ether oxygens (including phenoxy) is 3. The van der Waals surface area contributed by atoms with E-state index in [1.54, 1.807) is 50.8 Å². The minimum Gasteiger partial charge on any atom is -0.497 e. The molecule has 0 aliphatic carbocycles. The molecule has 3 aromatic carbocycles. The number of carbonyl (C=O) groups is 2. The Labute approximate surface area is 240 Å². The summed E-state index contributed by atoms with van der Waals surface area (Å²) >= 11 is 0. The summed E-state index contributed by atoms with van der Waals surface area (Å²) in [5.41, 5.74) is 3.51. The first-order chi connectivity index (χ1) is 20.0. The first-order valence-electron chi connectivity index (χ1n) is 13.3. The molecule has 4 rings (SSSR count). The zero-order valence-electron chi connectivity index (χ0n) is 23.6. The van der Waals surface area contributed by atoms with Gasteiger partial charge >= 0.3 is 0 Å². The van der Waals surface area contributed by atoms with E-state index in [1.165, 1.54) is 0 Å². The minimum atomic E-state index is -0.756. The van der Waals surface area contributed by atoms with Crippen molar-refractivity contribution in [3.63, 3.8) is 0 Å². The number of nitrogens with one attached hydrogen (secondary N) is 1. The Morgan fingerprint density at radius 3 is 2.10 bits per heavy atom. The van der Waals surface area contributed by atoms with Crippen LogP contribution in [0.5, 0.6) is 17.2 Å². The van der Waals surface area contributed by atoms with Crippen LogP contribution in [0.15, 0.2) is 97.3 Å². The van der Waals surface area contributed by atoms with Crippen molar-refractivity contribution in [2.45, 2.75) is 32.0 Å². The number of rotatable bonds is 13. The second-order valence-electron chi connectivity index (χ2n) is 9.51. The van der Waals surface area contributed by atoms with Gasteiger partial charge in [-0.15, -0.1) is 0 Å². The molecule has 0 fully saturated rings. The molecular formula is C33H35N3O5. The molecule has 8 nitrogen and oxygen atoms in total. The summed E-state index contributed by atoms with van der Waals surface area (Å²) in [6, 6.07) is 25.6. The second kappa shape index (κ2) is 14.5. The number of carbonyl (C=O) groups excluding carboxylic acids is 2. The average molecular weight is 554 g/mol. The van der Waals surface area contributed by atoms with Crippen molar-refractivity contribution < 1.29 is 23.8 Å². The van der Waals surface area contributed by atoms with Crippen molar-refractivity contribution in [1.82, 2.24) is 15.2 Å². The van der Waals surface area contributed by atoms with Crippen LogP contribution in [0.4, 0.5) is 0 Å². The zero-order chi connectivity index (χ0) is 29.0. The highest BCUT2D eigenvalue weighted by molar-refractivity contribution is 5.89. The number of pyridine rings is 1. The Kier molecular flexibility index (Phi) is 10.3. The summed E-state index contributed by atoms with van der Waals surface area (Å²) in [5, 5.41) is 3.04. The normalized spacial score (nSPS) is 11.3. The maximum Gasteiger partial charge on any atom is 0.243 e. The molecule has 1 atom stereocenters. The summed E-state index contributed by atoms with van der Waals surface area (Å²) in [4.78, 5) is 33.6. The molecule has 41 heavy (non-hydrogen) atoms. The molecule has 2 amide bonds. The maximum absolute atomic E-state index is 14.0. The van der Waals surface area contributed by atoms with Crippen LogP contribution in [-0.2, 0) is 35.5 Å². The minimum absolute atomic E-state index is 0.0828. The van der Waals surface area contributed by atoms with Crippen LogP contribution in [0.2, 0.25) is 0 Å². The fourth-order valence-electron chi connectivity index (χ4n) is 4.56. The fraction of sp³-hybridized carbons (Fsp3) is 0.242. The Balaban J connectivity index is 1.66. The van der Waals surface area contributed by atoms with E-state index in [-0.39, 0.29) is 24.8 Å². The predicted octanol–water partition coefficient (Wildman–Crippen LogP) is 4.61. The molecule has 0 saturated heterocycles. The highest BCUT2D eigenvalue weighted by atomic mass is 16.5. The van der Waals surface area contributed by atoms with Gasteiger partial charge in [-0.05, 0) is 58.7 Å². The number of nitrogens with zero attached hydrogens (tertiary/aromatic N) is 2. The molecule has 4 aromatic rings. The molecule has 212 valence electrons. The molecule has 0 spiro atoms. The van der Waals surface area contributed by atoms with Crippen molar-refractivity contribution in [3.8, 4) is 17.2 Å². The molecular weight excluding hydrogens is 518 g/mol. The lowest BCUT2D eigenvalue weighted by Crippen LogP contribution is -2.50. The van der Waals surface area contributed by atoms with Crippen LogP contribution in [-0.4, -0.2) is 49.1 Å². The van der Waals surface area contributed by atoms with Crippen molar-refractivity contribution in [2.75, 3.05) is 21.3 Å². The SMILES string of the molecule is COc1ccc(CN(C(=O)Cc2ccc(OC)c(OC)c2)[C@H](Cc2ccccc2)C(=O)NCc2ccncc2)cc1. The molecule has 0 radical (unpaired) electrons. The zero-order valence-corrected chi connectivity index (χ0v) is 23.6. The molecule has 1 aromatic heterocycles. The highest BCUT2D eigenvalue weighted by Crippen LogP contribution is 2.28. The van der Waals surface area contributed by atoms with Gasteiger partial charge in [0.1, 0.15) is 11.8 Å². The molecule has 0 unspecified atom stereocenters. The van der Waals surface area contributed by atoms with E-state index < -0.39 is 6.04 Å². The van der Waals surface area contributed by atoms with Gasteiger partial charge in [0.15, 0.2) is 11.5 Å². The highest BCUT2D eigenvalue weighted by Gasteiger charge is 2.30. The van der Waals surface area contributed by atoms with Crippen molar-refractivity contribution in [1.29, 1.82) is 0 Å². The van der Waals surface area contributed by atoms with Gasteiger partial charge < -0.3 is 24.4 Å². The number of amides is 2. The van der Waals surface area contributed by atoms with E-state index >= 15 is 0 Å². The largest absolute Gasteiger partial charge is 0.497 e. The molecule has 0 aliphatic rings. The quantitative estimate of drug-likeness (QED) is 0.260. The molecule has 0 aliphatic heterocycles. The molecule has 0 bridgehead atoms. The summed E-state index contributed by atoms with van der Waals surface area (Å²) < 4.78 is 16.1. The maximum atomic E-state index is 14.0. The molecule has 1 N–H and O–H groups in total. The predicted molar refractivity (Wildman–Crippen MR) is 157 cm³/mol. The van der Waals surface area contributed by atoms with Gasteiger partial charge in [-0.2, -0.15) is 0 Å². The average Bonchev–Trinajstić information content (AvgIpc) is 3.02. The summed E-state index contributed by atoms with van der Waals surface area (Å²) in [6.07, 6.45) is 3.81. The van der Waals surface area contributed by atoms with E-state index in [0.29, 0.717) is 30.2 Å². The lowest BCUT2D eigenvalue weighted by molar-refractivity contribution is -0.140. The molecule has 0 saturated carbocycles. The van der Waals surface area contributed by atoms with Crippen LogP contribution < -0.4 is 19.5 Å². The van der Waals surface area contributed by atoms with E-state index in [4.69, 9.17) is 14.2 Å². The van der Waals surface area contributed by atoms with E-state index in [1.807, 2.05) is 72.8 Å². The van der Waals surface area contributed by atoms with Crippen LogP contribution >= 0.6 is 0 Å². The van der Waals surface area contributed by atoms with Gasteiger partial charge in [-0.25, -0.2) is 0 Å². The Hall–Kier alpha value is -4.85. The summed E-state index contributed by atoms with van der Waals surface area (Å²) in [5.74, 6) is 1.41. The molecule has 1 heterocycles. The Bertz CT molecular complexity index is 1410. The number of hydrogen-bond donors (Lipinski definition) is 1. The fourth-order valence-corrected chi connectivity index (χ4v) is 4.56. The number of methoxy groups -OCH3 is 3. The van der Waals surface area contributed by atoms with E-state index in [0.717, 1.165) is 22.3 Å². The lowest BCUT2D eigenvalue weighted by Gasteiger charge is -2.32. The first kappa shape index (κ1) is 29.1. The number of hydrogen-bond acceptors (Lipinski definition) is 6. The van der Waals surface area contributed by atoms with Crippen LogP contribution in [0, 0.1) is 0 Å². The third kappa shape index (κ3) is 8.08. The monoisotopic (exact) mass is 553 g/mol. The topological polar surface area (TPSA) is 90.0 Å². The van der Waals surface area contributed by atoms with Gasteiger partial charge in [0, 0.05) is 31.9 Å². The van der Waals surface area contributed by atoms with Crippen LogP contribution in [0.25, 0.3) is 0 Å². The Morgan fingerprint density at radius 2 is 1.44 bits per heavy atom. The van der Waals surface area contributed by atoms with Gasteiger partial charge in [-0.3, -0.25) is 14.6 Å². The van der Waals surface area contributed by atoms with Crippen molar-refractivity contribution in [2.24, 2.45) is 0 Å². The first-order valence-corrected chi connectivity index (χ1v) is 13.3. The van der Waals surface area contributed by atoms with Gasteiger partial charge in [-0.1, -0.05) is 48.5 Å². The van der Waals surface area contributed by atoms with Crippen molar-refractivity contribution >= 4 is 11.8 Å². The molecule has 8 heteroatoms. The number of benzene rings is 3. The number of aromatic nitrogens is 1. The van der Waals surface area contributed by atoms with Gasteiger partial charge in [0.05, 0.1) is 27.8 Å². The van der Waals surface area contributed by atoms with Gasteiger partial charge in [0.2, 0.25) is 11.8 Å². The smallest absolute Gasteiger partial charge is 0.243 e. The summed E-state index contributed by atoms with van der Waals surface area (Å²) in [7, 11) is 4.73.